The van der Waals surface area contributed by atoms with Crippen molar-refractivity contribution in [1.29, 1.82) is 0 Å². The van der Waals surface area contributed by atoms with Crippen LogP contribution in [0.2, 0.25) is 0 Å². The summed E-state index contributed by atoms with van der Waals surface area (Å²) in [6.45, 7) is 3.96. The Bertz CT molecular complexity index is 1270. The number of ether oxygens (including phenoxy) is 1. The Kier molecular flexibility index (Phi) is 6.35. The first-order valence-corrected chi connectivity index (χ1v) is 10.6. The van der Waals surface area contributed by atoms with Crippen molar-refractivity contribution in [3.05, 3.63) is 83.2 Å². The number of halogens is 2. The zero-order chi connectivity index (χ0) is 23.5. The van der Waals surface area contributed by atoms with Crippen molar-refractivity contribution in [3.63, 3.8) is 0 Å². The fourth-order valence-electron chi connectivity index (χ4n) is 3.67. The number of nitrogens with one attached hydrogen (secondary N) is 1. The number of nitrogens with zero attached hydrogens (tertiary/aromatic N) is 3. The molecule has 0 bridgehead atoms. The van der Waals surface area contributed by atoms with E-state index in [-0.39, 0.29) is 22.9 Å². The van der Waals surface area contributed by atoms with Crippen LogP contribution in [0, 0.1) is 6.92 Å². The van der Waals surface area contributed by atoms with Gasteiger partial charge in [0.15, 0.2) is 5.65 Å². The third kappa shape index (κ3) is 4.55. The van der Waals surface area contributed by atoms with Crippen LogP contribution < -0.4 is 10.1 Å². The van der Waals surface area contributed by atoms with Gasteiger partial charge in [0.2, 0.25) is 0 Å². The predicted molar refractivity (Wildman–Crippen MR) is 122 cm³/mol. The van der Waals surface area contributed by atoms with E-state index in [1.807, 2.05) is 38.1 Å². The fourth-order valence-corrected chi connectivity index (χ4v) is 3.67. The SMILES string of the molecule is CCC(NC(=O)c1cnn2c(C(F)F)cc(-c3ccc(OC)cc3)nc12)c1ccc(C)cc1. The molecule has 4 aromatic rings. The van der Waals surface area contributed by atoms with E-state index in [4.69, 9.17) is 4.74 Å². The van der Waals surface area contributed by atoms with Crippen molar-refractivity contribution in [1.82, 2.24) is 19.9 Å². The maximum atomic E-state index is 13.8. The molecule has 0 saturated carbocycles. The summed E-state index contributed by atoms with van der Waals surface area (Å²) in [5.41, 5.74) is 2.91. The van der Waals surface area contributed by atoms with Crippen LogP contribution in [-0.2, 0) is 0 Å². The normalized spacial score (nSPS) is 12.2. The van der Waals surface area contributed by atoms with Gasteiger partial charge in [0.1, 0.15) is 17.0 Å². The van der Waals surface area contributed by atoms with Gasteiger partial charge in [-0.2, -0.15) is 5.10 Å². The molecular formula is C25H24F2N4O2. The van der Waals surface area contributed by atoms with E-state index in [2.05, 4.69) is 15.4 Å². The minimum atomic E-state index is -2.79. The highest BCUT2D eigenvalue weighted by atomic mass is 19.3. The van der Waals surface area contributed by atoms with Gasteiger partial charge in [0.25, 0.3) is 12.3 Å². The number of benzene rings is 2. The minimum Gasteiger partial charge on any atom is -0.497 e. The molecule has 2 aromatic heterocycles. The van der Waals surface area contributed by atoms with Crippen LogP contribution in [0.3, 0.4) is 0 Å². The van der Waals surface area contributed by atoms with E-state index in [1.165, 1.54) is 12.3 Å². The highest BCUT2D eigenvalue weighted by Gasteiger charge is 2.23. The predicted octanol–water partition coefficient (Wildman–Crippen LogP) is 5.53. The van der Waals surface area contributed by atoms with Crippen molar-refractivity contribution in [2.45, 2.75) is 32.7 Å². The van der Waals surface area contributed by atoms with Gasteiger partial charge in [-0.1, -0.05) is 36.8 Å². The van der Waals surface area contributed by atoms with Gasteiger partial charge in [-0.05, 0) is 49.2 Å². The molecule has 4 rings (SSSR count). The maximum absolute atomic E-state index is 13.8. The monoisotopic (exact) mass is 450 g/mol. The molecule has 170 valence electrons. The number of carbonyl (C=O) groups is 1. The number of aromatic nitrogens is 3. The first-order chi connectivity index (χ1) is 15.9. The smallest absolute Gasteiger partial charge is 0.280 e. The van der Waals surface area contributed by atoms with E-state index in [0.717, 1.165) is 15.6 Å². The van der Waals surface area contributed by atoms with E-state index in [0.29, 0.717) is 23.4 Å². The lowest BCUT2D eigenvalue weighted by Crippen LogP contribution is -2.28. The van der Waals surface area contributed by atoms with Crippen LogP contribution in [0.4, 0.5) is 8.78 Å². The maximum Gasteiger partial charge on any atom is 0.280 e. The zero-order valence-corrected chi connectivity index (χ0v) is 18.5. The van der Waals surface area contributed by atoms with Crippen LogP contribution in [0.1, 0.15) is 53.0 Å². The Labute approximate surface area is 190 Å². The van der Waals surface area contributed by atoms with Gasteiger partial charge in [0.05, 0.1) is 25.0 Å². The van der Waals surface area contributed by atoms with Crippen molar-refractivity contribution in [2.75, 3.05) is 7.11 Å². The molecule has 8 heteroatoms. The lowest BCUT2D eigenvalue weighted by Gasteiger charge is -2.17. The molecule has 0 aliphatic carbocycles. The van der Waals surface area contributed by atoms with Gasteiger partial charge in [0, 0.05) is 5.56 Å². The third-order valence-electron chi connectivity index (χ3n) is 5.55. The Morgan fingerprint density at radius 3 is 2.42 bits per heavy atom. The fraction of sp³-hybridized carbons (Fsp3) is 0.240. The quantitative estimate of drug-likeness (QED) is 0.402. The molecule has 1 N–H and O–H groups in total. The number of amides is 1. The largest absolute Gasteiger partial charge is 0.497 e. The van der Waals surface area contributed by atoms with Gasteiger partial charge in [-0.15, -0.1) is 0 Å². The summed E-state index contributed by atoms with van der Waals surface area (Å²) in [6.07, 6.45) is -0.844. The average Bonchev–Trinajstić information content (AvgIpc) is 3.26. The Hall–Kier alpha value is -3.81. The Morgan fingerprint density at radius 2 is 1.82 bits per heavy atom. The molecule has 6 nitrogen and oxygen atoms in total. The Balaban J connectivity index is 1.73. The second kappa shape index (κ2) is 9.36. The summed E-state index contributed by atoms with van der Waals surface area (Å²) in [4.78, 5) is 17.6. The van der Waals surface area contributed by atoms with Crippen LogP contribution in [-0.4, -0.2) is 27.6 Å². The number of carbonyl (C=O) groups excluding carboxylic acids is 1. The lowest BCUT2D eigenvalue weighted by atomic mass is 10.0. The topological polar surface area (TPSA) is 68.5 Å². The molecule has 1 unspecified atom stereocenters. The summed E-state index contributed by atoms with van der Waals surface area (Å²) in [6, 6.07) is 15.9. The number of alkyl halides is 2. The number of methoxy groups -OCH3 is 1. The van der Waals surface area contributed by atoms with E-state index < -0.39 is 12.3 Å². The molecule has 0 aliphatic rings. The number of rotatable bonds is 7. The number of aryl methyl sites for hydroxylation is 1. The van der Waals surface area contributed by atoms with E-state index in [1.54, 1.807) is 31.4 Å². The zero-order valence-electron chi connectivity index (χ0n) is 18.5. The Morgan fingerprint density at radius 1 is 1.12 bits per heavy atom. The van der Waals surface area contributed by atoms with Gasteiger partial charge >= 0.3 is 0 Å². The number of hydrogen-bond donors (Lipinski definition) is 1. The van der Waals surface area contributed by atoms with Gasteiger partial charge < -0.3 is 10.1 Å². The molecule has 33 heavy (non-hydrogen) atoms. The van der Waals surface area contributed by atoms with Gasteiger partial charge in [-0.3, -0.25) is 4.79 Å². The van der Waals surface area contributed by atoms with Crippen LogP contribution in [0.15, 0.2) is 60.8 Å². The summed E-state index contributed by atoms with van der Waals surface area (Å²) < 4.78 is 33.8. The summed E-state index contributed by atoms with van der Waals surface area (Å²) >= 11 is 0. The van der Waals surface area contributed by atoms with Crippen molar-refractivity contribution >= 4 is 11.6 Å². The standard InChI is InChI=1S/C25H24F2N4O2/c1-4-20(16-7-5-15(2)6-8-16)30-25(32)19-14-28-31-22(23(26)27)13-21(29-24(19)31)17-9-11-18(33-3)12-10-17/h5-14,20,23H,4H2,1-3H3,(H,30,32). The highest BCUT2D eigenvalue weighted by Crippen LogP contribution is 2.28. The summed E-state index contributed by atoms with van der Waals surface area (Å²) in [5.74, 6) is 0.220. The summed E-state index contributed by atoms with van der Waals surface area (Å²) in [7, 11) is 1.55. The second-order valence-corrected chi connectivity index (χ2v) is 7.73. The van der Waals surface area contributed by atoms with Crippen LogP contribution in [0.5, 0.6) is 5.75 Å². The number of hydrogen-bond acceptors (Lipinski definition) is 4. The molecular weight excluding hydrogens is 426 g/mol. The lowest BCUT2D eigenvalue weighted by molar-refractivity contribution is 0.0936. The molecule has 1 atom stereocenters. The minimum absolute atomic E-state index is 0.0786. The molecule has 0 spiro atoms. The second-order valence-electron chi connectivity index (χ2n) is 7.73. The van der Waals surface area contributed by atoms with Crippen LogP contribution in [0.25, 0.3) is 16.9 Å². The van der Waals surface area contributed by atoms with Crippen LogP contribution >= 0.6 is 0 Å². The van der Waals surface area contributed by atoms with E-state index in [9.17, 15) is 13.6 Å². The van der Waals surface area contributed by atoms with Gasteiger partial charge in [-0.25, -0.2) is 18.3 Å². The van der Waals surface area contributed by atoms with E-state index >= 15 is 0 Å². The summed E-state index contributed by atoms with van der Waals surface area (Å²) in [5, 5.41) is 7.02. The highest BCUT2D eigenvalue weighted by molar-refractivity contribution is 6.00. The molecule has 1 amide bonds. The molecule has 0 fully saturated rings. The molecule has 0 aliphatic heterocycles. The third-order valence-corrected chi connectivity index (χ3v) is 5.55. The average molecular weight is 450 g/mol. The first-order valence-electron chi connectivity index (χ1n) is 10.6. The molecule has 2 aromatic carbocycles. The molecule has 0 saturated heterocycles. The van der Waals surface area contributed by atoms with Crippen molar-refractivity contribution < 1.29 is 18.3 Å². The number of fused-ring (bicyclic) bond motifs is 1. The van der Waals surface area contributed by atoms with Crippen molar-refractivity contribution in [2.24, 2.45) is 0 Å². The molecule has 0 radical (unpaired) electrons. The molecule has 2 heterocycles. The van der Waals surface area contributed by atoms with Crippen molar-refractivity contribution in [3.8, 4) is 17.0 Å². The first kappa shape index (κ1) is 22.4.